The molecule has 0 bridgehead atoms. The number of aliphatic hydroxyl groups is 1. The second-order valence-corrected chi connectivity index (χ2v) is 7.88. The highest BCUT2D eigenvalue weighted by atomic mass is 79.9. The number of carbonyl (C=O) groups excluding carboxylic acids is 2. The van der Waals surface area contributed by atoms with Crippen LogP contribution < -0.4 is 4.90 Å². The summed E-state index contributed by atoms with van der Waals surface area (Å²) in [4.78, 5) is 27.4. The molecule has 3 aromatic rings. The number of aryl methyl sites for hydroxylation is 2. The van der Waals surface area contributed by atoms with Gasteiger partial charge in [0, 0.05) is 15.7 Å². The van der Waals surface area contributed by atoms with E-state index in [4.69, 9.17) is 4.42 Å². The van der Waals surface area contributed by atoms with E-state index in [1.54, 1.807) is 49.4 Å². The van der Waals surface area contributed by atoms with Crippen LogP contribution in [0.15, 0.2) is 75.1 Å². The number of furan rings is 1. The van der Waals surface area contributed by atoms with E-state index >= 15 is 0 Å². The van der Waals surface area contributed by atoms with Crippen LogP contribution in [0.25, 0.3) is 5.76 Å². The van der Waals surface area contributed by atoms with Crippen molar-refractivity contribution < 1.29 is 19.1 Å². The highest BCUT2D eigenvalue weighted by molar-refractivity contribution is 9.10. The Bertz CT molecular complexity index is 1140. The average molecular weight is 452 g/mol. The van der Waals surface area contributed by atoms with Gasteiger partial charge in [-0.2, -0.15) is 0 Å². The number of ketones is 1. The topological polar surface area (TPSA) is 70.8 Å². The predicted octanol–water partition coefficient (Wildman–Crippen LogP) is 5.29. The first-order valence-electron chi connectivity index (χ1n) is 9.07. The van der Waals surface area contributed by atoms with Crippen LogP contribution in [0.2, 0.25) is 0 Å². The molecule has 2 aromatic carbocycles. The number of Topliss-reactive ketones (excluding diaryl/α,β-unsaturated/α-hetero) is 1. The molecule has 4 rings (SSSR count). The highest BCUT2D eigenvalue weighted by Gasteiger charge is 2.48. The van der Waals surface area contributed by atoms with Gasteiger partial charge >= 0.3 is 0 Å². The Morgan fingerprint density at radius 2 is 1.76 bits per heavy atom. The molecular weight excluding hydrogens is 434 g/mol. The van der Waals surface area contributed by atoms with E-state index in [9.17, 15) is 14.7 Å². The fraction of sp³-hybridized carbons (Fsp3) is 0.130. The monoisotopic (exact) mass is 451 g/mol. The zero-order valence-electron chi connectivity index (χ0n) is 15.8. The molecular formula is C23H18BrNO4. The van der Waals surface area contributed by atoms with Crippen molar-refractivity contribution in [2.75, 3.05) is 4.90 Å². The van der Waals surface area contributed by atoms with Gasteiger partial charge in [-0.1, -0.05) is 40.2 Å². The van der Waals surface area contributed by atoms with Crippen molar-refractivity contribution in [2.45, 2.75) is 19.9 Å². The zero-order valence-corrected chi connectivity index (χ0v) is 17.4. The van der Waals surface area contributed by atoms with Gasteiger partial charge in [-0.25, -0.2) is 0 Å². The molecule has 0 aliphatic carbocycles. The van der Waals surface area contributed by atoms with Gasteiger partial charge in [-0.05, 0) is 55.8 Å². The molecule has 1 aliphatic rings. The molecule has 0 saturated carbocycles. The van der Waals surface area contributed by atoms with Crippen LogP contribution in [0.1, 0.15) is 28.7 Å². The number of halogens is 1. The Kier molecular flexibility index (Phi) is 4.88. The summed E-state index contributed by atoms with van der Waals surface area (Å²) in [5, 5.41) is 11.0. The minimum Gasteiger partial charge on any atom is -0.507 e. The first-order chi connectivity index (χ1) is 13.9. The Morgan fingerprint density at radius 3 is 2.38 bits per heavy atom. The summed E-state index contributed by atoms with van der Waals surface area (Å²) in [6.07, 6.45) is 0. The van der Waals surface area contributed by atoms with E-state index in [0.29, 0.717) is 22.8 Å². The molecule has 1 aliphatic heterocycles. The molecule has 1 N–H and O–H groups in total. The lowest BCUT2D eigenvalue weighted by molar-refractivity contribution is -0.132. The molecule has 5 nitrogen and oxygen atoms in total. The van der Waals surface area contributed by atoms with Gasteiger partial charge in [0.2, 0.25) is 0 Å². The second kappa shape index (κ2) is 7.37. The van der Waals surface area contributed by atoms with Gasteiger partial charge in [0.25, 0.3) is 11.7 Å². The third kappa shape index (κ3) is 3.40. The van der Waals surface area contributed by atoms with E-state index in [-0.39, 0.29) is 11.3 Å². The maximum atomic E-state index is 13.0. The van der Waals surface area contributed by atoms with Crippen LogP contribution >= 0.6 is 15.9 Å². The van der Waals surface area contributed by atoms with Crippen molar-refractivity contribution in [1.82, 2.24) is 0 Å². The summed E-state index contributed by atoms with van der Waals surface area (Å²) < 4.78 is 6.62. The van der Waals surface area contributed by atoms with E-state index in [0.717, 1.165) is 10.0 Å². The van der Waals surface area contributed by atoms with E-state index < -0.39 is 17.7 Å². The van der Waals surface area contributed by atoms with E-state index in [1.807, 2.05) is 25.1 Å². The minimum absolute atomic E-state index is 0.00757. The average Bonchev–Trinajstić information content (AvgIpc) is 3.23. The smallest absolute Gasteiger partial charge is 0.300 e. The van der Waals surface area contributed by atoms with Crippen molar-refractivity contribution in [3.05, 3.63) is 93.4 Å². The second-order valence-electron chi connectivity index (χ2n) is 6.96. The molecule has 29 heavy (non-hydrogen) atoms. The van der Waals surface area contributed by atoms with Crippen LogP contribution in [0.3, 0.4) is 0 Å². The molecule has 1 atom stereocenters. The quantitative estimate of drug-likeness (QED) is 0.333. The summed E-state index contributed by atoms with van der Waals surface area (Å²) >= 11 is 3.36. The first-order valence-corrected chi connectivity index (χ1v) is 9.86. The Labute approximate surface area is 176 Å². The third-order valence-corrected chi connectivity index (χ3v) is 5.40. The Balaban J connectivity index is 1.94. The molecule has 1 saturated heterocycles. The number of anilines is 1. The fourth-order valence-corrected chi connectivity index (χ4v) is 3.77. The van der Waals surface area contributed by atoms with Gasteiger partial charge < -0.3 is 9.52 Å². The molecule has 2 heterocycles. The van der Waals surface area contributed by atoms with Crippen LogP contribution in [0.5, 0.6) is 0 Å². The highest BCUT2D eigenvalue weighted by Crippen LogP contribution is 2.42. The molecule has 6 heteroatoms. The number of benzene rings is 2. The maximum Gasteiger partial charge on any atom is 0.300 e. The van der Waals surface area contributed by atoms with Gasteiger partial charge in [0.15, 0.2) is 0 Å². The summed E-state index contributed by atoms with van der Waals surface area (Å²) in [7, 11) is 0. The lowest BCUT2D eigenvalue weighted by atomic mass is 9.99. The van der Waals surface area contributed by atoms with Crippen molar-refractivity contribution in [1.29, 1.82) is 0 Å². The summed E-state index contributed by atoms with van der Waals surface area (Å²) in [6.45, 7) is 3.70. The Morgan fingerprint density at radius 1 is 1.03 bits per heavy atom. The van der Waals surface area contributed by atoms with Crippen molar-refractivity contribution in [3.8, 4) is 0 Å². The molecule has 146 valence electrons. The number of aliphatic hydroxyl groups excluding tert-OH is 1. The zero-order chi connectivity index (χ0) is 20.7. The number of nitrogens with zero attached hydrogens (tertiary/aromatic N) is 1. The normalized spacial score (nSPS) is 18.4. The molecule has 0 radical (unpaired) electrons. The molecule has 0 spiro atoms. The van der Waals surface area contributed by atoms with Gasteiger partial charge in [0.05, 0.1) is 5.57 Å². The van der Waals surface area contributed by atoms with E-state index in [2.05, 4.69) is 15.9 Å². The number of hydrogen-bond acceptors (Lipinski definition) is 4. The van der Waals surface area contributed by atoms with Crippen molar-refractivity contribution in [2.24, 2.45) is 0 Å². The van der Waals surface area contributed by atoms with Crippen LogP contribution in [-0.4, -0.2) is 16.8 Å². The number of rotatable bonds is 3. The molecule has 1 fully saturated rings. The predicted molar refractivity (Wildman–Crippen MR) is 114 cm³/mol. The van der Waals surface area contributed by atoms with Crippen molar-refractivity contribution >= 4 is 39.1 Å². The fourth-order valence-electron chi connectivity index (χ4n) is 3.51. The lowest BCUT2D eigenvalue weighted by Gasteiger charge is -2.23. The molecule has 1 unspecified atom stereocenters. The van der Waals surface area contributed by atoms with Crippen LogP contribution in [0.4, 0.5) is 5.69 Å². The first kappa shape index (κ1) is 19.2. The van der Waals surface area contributed by atoms with Crippen LogP contribution in [0, 0.1) is 13.8 Å². The third-order valence-electron chi connectivity index (χ3n) is 4.87. The molecule has 1 amide bonds. The van der Waals surface area contributed by atoms with Crippen molar-refractivity contribution in [3.63, 3.8) is 0 Å². The number of carbonyl (C=O) groups is 2. The standard InChI is InChI=1S/C23H18BrNO4/c1-13-4-3-5-17(12-13)25-20(18-11-6-14(2)29-18)19(22(27)23(25)28)21(26)15-7-9-16(24)10-8-15/h3-12,20,26H,1-2H3/b21-19-. The van der Waals surface area contributed by atoms with Crippen LogP contribution in [-0.2, 0) is 9.59 Å². The number of hydrogen-bond donors (Lipinski definition) is 1. The van der Waals surface area contributed by atoms with Gasteiger partial charge in [-0.15, -0.1) is 0 Å². The van der Waals surface area contributed by atoms with E-state index in [1.165, 1.54) is 4.90 Å². The number of amides is 1. The van der Waals surface area contributed by atoms with Gasteiger partial charge in [0.1, 0.15) is 23.3 Å². The summed E-state index contributed by atoms with van der Waals surface area (Å²) in [5.74, 6) is -0.607. The van der Waals surface area contributed by atoms with Gasteiger partial charge in [-0.3, -0.25) is 14.5 Å². The minimum atomic E-state index is -0.853. The molecule has 1 aromatic heterocycles. The Hall–Kier alpha value is -3.12. The maximum absolute atomic E-state index is 13.0. The summed E-state index contributed by atoms with van der Waals surface area (Å²) in [6, 6.07) is 16.9. The summed E-state index contributed by atoms with van der Waals surface area (Å²) in [5.41, 5.74) is 1.98. The largest absolute Gasteiger partial charge is 0.507 e. The SMILES string of the molecule is Cc1cccc(N2C(=O)C(=O)/C(=C(\O)c3ccc(Br)cc3)C2c2ccc(C)o2)c1. The lowest BCUT2D eigenvalue weighted by Crippen LogP contribution is -2.29.